The van der Waals surface area contributed by atoms with E-state index in [1.807, 2.05) is 24.3 Å². The van der Waals surface area contributed by atoms with Gasteiger partial charge >= 0.3 is 0 Å². The number of Topliss-reactive ketones (excluding diaryl/α,β-unsaturated/α-hetero) is 1. The summed E-state index contributed by atoms with van der Waals surface area (Å²) in [4.78, 5) is 15.9. The summed E-state index contributed by atoms with van der Waals surface area (Å²) in [6, 6.07) is 11.2. The van der Waals surface area contributed by atoms with Crippen LogP contribution < -0.4 is 5.73 Å². The number of carbonyl (C=O) groups is 1. The Balaban J connectivity index is 2.11. The predicted octanol–water partition coefficient (Wildman–Crippen LogP) is 2.69. The molecule has 0 aliphatic carbocycles. The minimum Gasteiger partial charge on any atom is -0.397 e. The van der Waals surface area contributed by atoms with Crippen molar-refractivity contribution in [2.75, 3.05) is 5.73 Å². The highest BCUT2D eigenvalue weighted by atomic mass is 127. The number of nitrogen functional groups attached to an aromatic ring is 1. The van der Waals surface area contributed by atoms with Gasteiger partial charge in [-0.3, -0.25) is 9.78 Å². The minimum absolute atomic E-state index is 0.00575. The van der Waals surface area contributed by atoms with Crippen molar-refractivity contribution in [3.63, 3.8) is 0 Å². The zero-order chi connectivity index (χ0) is 12.3. The lowest BCUT2D eigenvalue weighted by atomic mass is 10.1. The van der Waals surface area contributed by atoms with Crippen molar-refractivity contribution in [1.82, 2.24) is 4.98 Å². The first-order valence-corrected chi connectivity index (χ1v) is 6.22. The Hall–Kier alpha value is -1.43. The van der Waals surface area contributed by atoms with Crippen LogP contribution in [-0.2, 0) is 6.42 Å². The van der Waals surface area contributed by atoms with Crippen molar-refractivity contribution in [3.05, 3.63) is 57.4 Å². The normalized spacial score (nSPS) is 10.2. The van der Waals surface area contributed by atoms with Crippen molar-refractivity contribution in [2.45, 2.75) is 6.42 Å². The van der Waals surface area contributed by atoms with E-state index in [9.17, 15) is 4.79 Å². The number of nitrogens with two attached hydrogens (primary N) is 1. The van der Waals surface area contributed by atoms with Crippen molar-refractivity contribution >= 4 is 34.1 Å². The van der Waals surface area contributed by atoms with Crippen LogP contribution in [-0.4, -0.2) is 10.8 Å². The molecule has 2 rings (SSSR count). The molecule has 0 atom stereocenters. The van der Waals surface area contributed by atoms with Crippen molar-refractivity contribution in [2.24, 2.45) is 0 Å². The molecule has 0 aliphatic rings. The molecular weight excluding hydrogens is 327 g/mol. The van der Waals surface area contributed by atoms with Gasteiger partial charge in [0.15, 0.2) is 5.78 Å². The van der Waals surface area contributed by atoms with Gasteiger partial charge in [0.25, 0.3) is 0 Å². The molecule has 17 heavy (non-hydrogen) atoms. The SMILES string of the molecule is Nc1ccc(C(=O)Cc2ccc(I)cc2)nc1. The van der Waals surface area contributed by atoms with Gasteiger partial charge in [0.1, 0.15) is 5.69 Å². The third kappa shape index (κ3) is 3.26. The molecule has 1 aromatic carbocycles. The Labute approximate surface area is 113 Å². The van der Waals surface area contributed by atoms with E-state index in [0.29, 0.717) is 17.8 Å². The lowest BCUT2D eigenvalue weighted by Crippen LogP contribution is -2.06. The first kappa shape index (κ1) is 12.0. The highest BCUT2D eigenvalue weighted by molar-refractivity contribution is 14.1. The van der Waals surface area contributed by atoms with Gasteiger partial charge in [0.05, 0.1) is 11.9 Å². The average molecular weight is 338 g/mol. The quantitative estimate of drug-likeness (QED) is 0.692. The van der Waals surface area contributed by atoms with Gasteiger partial charge in [-0.15, -0.1) is 0 Å². The number of nitrogens with zero attached hydrogens (tertiary/aromatic N) is 1. The molecule has 1 heterocycles. The van der Waals surface area contributed by atoms with Crippen LogP contribution in [0.15, 0.2) is 42.6 Å². The van der Waals surface area contributed by atoms with E-state index in [2.05, 4.69) is 27.6 Å². The molecule has 0 unspecified atom stereocenters. The fourth-order valence-electron chi connectivity index (χ4n) is 1.45. The maximum absolute atomic E-state index is 11.9. The van der Waals surface area contributed by atoms with Gasteiger partial charge in [-0.1, -0.05) is 12.1 Å². The Morgan fingerprint density at radius 1 is 1.18 bits per heavy atom. The molecule has 0 fully saturated rings. The van der Waals surface area contributed by atoms with Crippen molar-refractivity contribution in [1.29, 1.82) is 0 Å². The number of carbonyl (C=O) groups excluding carboxylic acids is 1. The summed E-state index contributed by atoms with van der Waals surface area (Å²) in [7, 11) is 0. The topological polar surface area (TPSA) is 56.0 Å². The number of hydrogen-bond donors (Lipinski definition) is 1. The summed E-state index contributed by atoms with van der Waals surface area (Å²) < 4.78 is 1.16. The molecule has 86 valence electrons. The van der Waals surface area contributed by atoms with Crippen LogP contribution in [0.1, 0.15) is 16.1 Å². The standard InChI is InChI=1S/C13H11IN2O/c14-10-3-1-9(2-4-10)7-13(17)12-6-5-11(15)8-16-12/h1-6,8H,7,15H2. The molecule has 0 amide bonds. The van der Waals surface area contributed by atoms with Gasteiger partial charge in [-0.05, 0) is 52.4 Å². The Bertz CT molecular complexity index is 520. The van der Waals surface area contributed by atoms with Gasteiger partial charge < -0.3 is 5.73 Å². The first-order valence-electron chi connectivity index (χ1n) is 5.14. The number of ketones is 1. The monoisotopic (exact) mass is 338 g/mol. The minimum atomic E-state index is 0.00575. The van der Waals surface area contributed by atoms with Crippen LogP contribution in [0.5, 0.6) is 0 Å². The van der Waals surface area contributed by atoms with E-state index in [-0.39, 0.29) is 5.78 Å². The van der Waals surface area contributed by atoms with Gasteiger partial charge in [-0.25, -0.2) is 0 Å². The first-order chi connectivity index (χ1) is 8.15. The fourth-order valence-corrected chi connectivity index (χ4v) is 1.81. The average Bonchev–Trinajstić information content (AvgIpc) is 2.33. The number of pyridine rings is 1. The van der Waals surface area contributed by atoms with Gasteiger partial charge in [-0.2, -0.15) is 0 Å². The van der Waals surface area contributed by atoms with E-state index in [4.69, 9.17) is 5.73 Å². The number of anilines is 1. The molecule has 0 saturated carbocycles. The highest BCUT2D eigenvalue weighted by Gasteiger charge is 2.08. The summed E-state index contributed by atoms with van der Waals surface area (Å²) >= 11 is 2.23. The Kier molecular flexibility index (Phi) is 3.73. The Morgan fingerprint density at radius 2 is 1.88 bits per heavy atom. The summed E-state index contributed by atoms with van der Waals surface area (Å²) in [5.41, 5.74) is 7.54. The second-order valence-electron chi connectivity index (χ2n) is 3.70. The maximum atomic E-state index is 11.9. The van der Waals surface area contributed by atoms with Crippen LogP contribution in [0.2, 0.25) is 0 Å². The van der Waals surface area contributed by atoms with Crippen molar-refractivity contribution in [3.8, 4) is 0 Å². The van der Waals surface area contributed by atoms with Crippen LogP contribution in [0.4, 0.5) is 5.69 Å². The molecule has 2 N–H and O–H groups in total. The smallest absolute Gasteiger partial charge is 0.185 e. The van der Waals surface area contributed by atoms with Gasteiger partial charge in [0.2, 0.25) is 0 Å². The number of rotatable bonds is 3. The molecule has 4 heteroatoms. The molecule has 3 nitrogen and oxygen atoms in total. The van der Waals surface area contributed by atoms with E-state index in [1.165, 1.54) is 6.20 Å². The maximum Gasteiger partial charge on any atom is 0.185 e. The van der Waals surface area contributed by atoms with Gasteiger partial charge in [0, 0.05) is 9.99 Å². The summed E-state index contributed by atoms with van der Waals surface area (Å²) in [6.07, 6.45) is 1.87. The van der Waals surface area contributed by atoms with E-state index < -0.39 is 0 Å². The molecule has 0 aliphatic heterocycles. The molecular formula is C13H11IN2O. The Morgan fingerprint density at radius 3 is 2.47 bits per heavy atom. The van der Waals surface area contributed by atoms with Crippen LogP contribution in [0, 0.1) is 3.57 Å². The second-order valence-corrected chi connectivity index (χ2v) is 4.95. The summed E-state index contributed by atoms with van der Waals surface area (Å²) in [5.74, 6) is 0.00575. The zero-order valence-electron chi connectivity index (χ0n) is 9.06. The zero-order valence-corrected chi connectivity index (χ0v) is 11.2. The summed E-state index contributed by atoms with van der Waals surface area (Å²) in [6.45, 7) is 0. The molecule has 0 bridgehead atoms. The predicted molar refractivity (Wildman–Crippen MR) is 75.8 cm³/mol. The molecule has 1 aromatic heterocycles. The second kappa shape index (κ2) is 5.27. The molecule has 0 spiro atoms. The largest absolute Gasteiger partial charge is 0.397 e. The van der Waals surface area contributed by atoms with Crippen LogP contribution in [0.3, 0.4) is 0 Å². The number of hydrogen-bond acceptors (Lipinski definition) is 3. The lowest BCUT2D eigenvalue weighted by Gasteiger charge is -2.01. The number of halogens is 1. The van der Waals surface area contributed by atoms with Crippen LogP contribution >= 0.6 is 22.6 Å². The highest BCUT2D eigenvalue weighted by Crippen LogP contribution is 2.10. The lowest BCUT2D eigenvalue weighted by molar-refractivity contribution is 0.0988. The van der Waals surface area contributed by atoms with E-state index in [0.717, 1.165) is 9.13 Å². The van der Waals surface area contributed by atoms with Crippen LogP contribution in [0.25, 0.3) is 0 Å². The number of benzene rings is 1. The van der Waals surface area contributed by atoms with E-state index >= 15 is 0 Å². The molecule has 2 aromatic rings. The fraction of sp³-hybridized carbons (Fsp3) is 0.0769. The van der Waals surface area contributed by atoms with Crippen molar-refractivity contribution < 1.29 is 4.79 Å². The summed E-state index contributed by atoms with van der Waals surface area (Å²) in [5, 5.41) is 0. The molecule has 0 radical (unpaired) electrons. The third-order valence-corrected chi connectivity index (χ3v) is 3.07. The third-order valence-electron chi connectivity index (χ3n) is 2.35. The molecule has 0 saturated heterocycles. The number of aromatic nitrogens is 1. The van der Waals surface area contributed by atoms with E-state index in [1.54, 1.807) is 12.1 Å².